The van der Waals surface area contributed by atoms with E-state index in [2.05, 4.69) is 26.2 Å². The molecule has 0 aliphatic carbocycles. The van der Waals surface area contributed by atoms with Crippen LogP contribution < -0.4 is 10.1 Å². The van der Waals surface area contributed by atoms with E-state index in [1.807, 2.05) is 0 Å². The highest BCUT2D eigenvalue weighted by Crippen LogP contribution is 2.15. The minimum atomic E-state index is -0.557. The standard InChI is InChI=1S/C14H12BrFN2O2/c1-20-13-5-2-9(7-17-13)8-18-14(19)11-6-10(15)3-4-12(11)16/h2-7H,8H2,1H3,(H,18,19). The third-order valence-corrected chi connectivity index (χ3v) is 3.13. The first kappa shape index (κ1) is 14.5. The third-order valence-electron chi connectivity index (χ3n) is 2.63. The molecular formula is C14H12BrFN2O2. The van der Waals surface area contributed by atoms with E-state index in [-0.39, 0.29) is 12.1 Å². The van der Waals surface area contributed by atoms with Crippen LogP contribution in [0.25, 0.3) is 0 Å². The van der Waals surface area contributed by atoms with Gasteiger partial charge in [-0.05, 0) is 23.8 Å². The molecule has 20 heavy (non-hydrogen) atoms. The number of ether oxygens (including phenoxy) is 1. The highest BCUT2D eigenvalue weighted by molar-refractivity contribution is 9.10. The van der Waals surface area contributed by atoms with Gasteiger partial charge >= 0.3 is 0 Å². The van der Waals surface area contributed by atoms with Gasteiger partial charge in [-0.1, -0.05) is 22.0 Å². The lowest BCUT2D eigenvalue weighted by molar-refractivity contribution is 0.0947. The third kappa shape index (κ3) is 3.54. The van der Waals surface area contributed by atoms with Crippen molar-refractivity contribution in [3.63, 3.8) is 0 Å². The van der Waals surface area contributed by atoms with E-state index in [0.717, 1.165) is 5.56 Å². The molecule has 1 aromatic heterocycles. The molecule has 2 rings (SSSR count). The van der Waals surface area contributed by atoms with E-state index in [1.54, 1.807) is 24.4 Å². The minimum Gasteiger partial charge on any atom is -0.481 e. The van der Waals surface area contributed by atoms with Gasteiger partial charge in [0.25, 0.3) is 5.91 Å². The topological polar surface area (TPSA) is 51.2 Å². The Morgan fingerprint density at radius 2 is 2.20 bits per heavy atom. The van der Waals surface area contributed by atoms with Crippen LogP contribution in [0.15, 0.2) is 41.0 Å². The number of carbonyl (C=O) groups is 1. The fourth-order valence-corrected chi connectivity index (χ4v) is 1.95. The molecular weight excluding hydrogens is 327 g/mol. The molecule has 0 aliphatic rings. The van der Waals surface area contributed by atoms with Crippen molar-refractivity contribution in [1.82, 2.24) is 10.3 Å². The summed E-state index contributed by atoms with van der Waals surface area (Å²) < 4.78 is 19.1. The molecule has 6 heteroatoms. The maximum atomic E-state index is 13.5. The summed E-state index contributed by atoms with van der Waals surface area (Å²) >= 11 is 3.21. The smallest absolute Gasteiger partial charge is 0.254 e. The van der Waals surface area contributed by atoms with E-state index in [4.69, 9.17) is 4.74 Å². The molecule has 4 nitrogen and oxygen atoms in total. The van der Waals surface area contributed by atoms with Crippen LogP contribution in [0, 0.1) is 5.82 Å². The Morgan fingerprint density at radius 1 is 1.40 bits per heavy atom. The number of nitrogens with one attached hydrogen (secondary N) is 1. The zero-order valence-corrected chi connectivity index (χ0v) is 12.3. The van der Waals surface area contributed by atoms with Crippen molar-refractivity contribution in [2.24, 2.45) is 0 Å². The van der Waals surface area contributed by atoms with Crippen molar-refractivity contribution in [3.05, 3.63) is 57.9 Å². The first-order chi connectivity index (χ1) is 9.60. The van der Waals surface area contributed by atoms with Crippen LogP contribution in [0.2, 0.25) is 0 Å². The number of rotatable bonds is 4. The summed E-state index contributed by atoms with van der Waals surface area (Å²) in [6, 6.07) is 7.70. The molecule has 2 aromatic rings. The van der Waals surface area contributed by atoms with Crippen LogP contribution in [-0.4, -0.2) is 18.0 Å². The van der Waals surface area contributed by atoms with Gasteiger partial charge in [-0.15, -0.1) is 0 Å². The second-order valence-electron chi connectivity index (χ2n) is 4.02. The number of carbonyl (C=O) groups excluding carboxylic acids is 1. The predicted octanol–water partition coefficient (Wildman–Crippen LogP) is 2.92. The van der Waals surface area contributed by atoms with Gasteiger partial charge in [-0.25, -0.2) is 9.37 Å². The Bertz CT molecular complexity index is 617. The maximum Gasteiger partial charge on any atom is 0.254 e. The molecule has 1 heterocycles. The van der Waals surface area contributed by atoms with Gasteiger partial charge in [0.15, 0.2) is 0 Å². The average Bonchev–Trinajstić information content (AvgIpc) is 2.47. The Morgan fingerprint density at radius 3 is 2.85 bits per heavy atom. The molecule has 1 aromatic carbocycles. The van der Waals surface area contributed by atoms with E-state index < -0.39 is 11.7 Å². The predicted molar refractivity (Wildman–Crippen MR) is 76.1 cm³/mol. The number of amides is 1. The van der Waals surface area contributed by atoms with E-state index >= 15 is 0 Å². The fourth-order valence-electron chi connectivity index (χ4n) is 1.59. The zero-order valence-electron chi connectivity index (χ0n) is 10.7. The molecule has 0 saturated carbocycles. The molecule has 0 aliphatic heterocycles. The Hall–Kier alpha value is -1.95. The van der Waals surface area contributed by atoms with Gasteiger partial charge in [0.1, 0.15) is 5.82 Å². The lowest BCUT2D eigenvalue weighted by Crippen LogP contribution is -2.23. The van der Waals surface area contributed by atoms with E-state index in [0.29, 0.717) is 10.4 Å². The molecule has 0 bridgehead atoms. The number of hydrogen-bond acceptors (Lipinski definition) is 3. The summed E-state index contributed by atoms with van der Waals surface area (Å²) in [6.45, 7) is 0.266. The number of halogens is 2. The highest BCUT2D eigenvalue weighted by atomic mass is 79.9. The van der Waals surface area contributed by atoms with Crippen molar-refractivity contribution < 1.29 is 13.9 Å². The van der Waals surface area contributed by atoms with Crippen LogP contribution in [0.5, 0.6) is 5.88 Å². The summed E-state index contributed by atoms with van der Waals surface area (Å²) in [5, 5.41) is 2.64. The molecule has 0 radical (unpaired) electrons. The first-order valence-electron chi connectivity index (χ1n) is 5.82. The van der Waals surface area contributed by atoms with Gasteiger partial charge in [0.05, 0.1) is 12.7 Å². The highest BCUT2D eigenvalue weighted by Gasteiger charge is 2.11. The quantitative estimate of drug-likeness (QED) is 0.932. The molecule has 104 valence electrons. The Balaban J connectivity index is 2.02. The SMILES string of the molecule is COc1ccc(CNC(=O)c2cc(Br)ccc2F)cn1. The molecule has 0 spiro atoms. The largest absolute Gasteiger partial charge is 0.481 e. The second kappa shape index (κ2) is 6.47. The molecule has 0 atom stereocenters. The lowest BCUT2D eigenvalue weighted by atomic mass is 10.2. The molecule has 1 amide bonds. The summed E-state index contributed by atoms with van der Waals surface area (Å²) in [4.78, 5) is 15.9. The summed E-state index contributed by atoms with van der Waals surface area (Å²) in [5.41, 5.74) is 0.801. The number of hydrogen-bond donors (Lipinski definition) is 1. The Kier molecular flexibility index (Phi) is 4.68. The summed E-state index contributed by atoms with van der Waals surface area (Å²) in [7, 11) is 1.53. The maximum absolute atomic E-state index is 13.5. The Labute approximate surface area is 124 Å². The van der Waals surface area contributed by atoms with Crippen molar-refractivity contribution in [2.75, 3.05) is 7.11 Å². The summed E-state index contributed by atoms with van der Waals surface area (Å²) in [5.74, 6) is -0.531. The van der Waals surface area contributed by atoms with Crippen molar-refractivity contribution in [3.8, 4) is 5.88 Å². The fraction of sp³-hybridized carbons (Fsp3) is 0.143. The monoisotopic (exact) mass is 338 g/mol. The van der Waals surface area contributed by atoms with Gasteiger partial charge in [-0.2, -0.15) is 0 Å². The van der Waals surface area contributed by atoms with Gasteiger partial charge in [0.2, 0.25) is 5.88 Å². The lowest BCUT2D eigenvalue weighted by Gasteiger charge is -2.07. The molecule has 0 fully saturated rings. The minimum absolute atomic E-state index is 0.000783. The molecule has 1 N–H and O–H groups in total. The number of nitrogens with zero attached hydrogens (tertiary/aromatic N) is 1. The van der Waals surface area contributed by atoms with Crippen molar-refractivity contribution in [2.45, 2.75) is 6.54 Å². The van der Waals surface area contributed by atoms with Crippen LogP contribution in [0.3, 0.4) is 0 Å². The number of methoxy groups -OCH3 is 1. The average molecular weight is 339 g/mol. The van der Waals surface area contributed by atoms with Gasteiger partial charge < -0.3 is 10.1 Å². The van der Waals surface area contributed by atoms with Gasteiger partial charge in [0, 0.05) is 23.3 Å². The van der Waals surface area contributed by atoms with Crippen LogP contribution in [0.1, 0.15) is 15.9 Å². The van der Waals surface area contributed by atoms with Gasteiger partial charge in [-0.3, -0.25) is 4.79 Å². The van der Waals surface area contributed by atoms with Crippen LogP contribution in [0.4, 0.5) is 4.39 Å². The van der Waals surface area contributed by atoms with E-state index in [9.17, 15) is 9.18 Å². The van der Waals surface area contributed by atoms with Crippen LogP contribution >= 0.6 is 15.9 Å². The van der Waals surface area contributed by atoms with Crippen molar-refractivity contribution in [1.29, 1.82) is 0 Å². The first-order valence-corrected chi connectivity index (χ1v) is 6.61. The van der Waals surface area contributed by atoms with Crippen LogP contribution in [-0.2, 0) is 6.54 Å². The zero-order chi connectivity index (χ0) is 14.5. The number of benzene rings is 1. The molecule has 0 unspecified atom stereocenters. The normalized spacial score (nSPS) is 10.2. The number of pyridine rings is 1. The van der Waals surface area contributed by atoms with E-state index in [1.165, 1.54) is 19.2 Å². The number of aromatic nitrogens is 1. The second-order valence-corrected chi connectivity index (χ2v) is 4.93. The summed E-state index contributed by atoms with van der Waals surface area (Å²) in [6.07, 6.45) is 1.59. The van der Waals surface area contributed by atoms with Crippen molar-refractivity contribution >= 4 is 21.8 Å². The molecule has 0 saturated heterocycles.